The van der Waals surface area contributed by atoms with E-state index in [1.165, 1.54) is 6.21 Å². The molecule has 0 N–H and O–H groups in total. The number of pyridine rings is 1. The van der Waals surface area contributed by atoms with Gasteiger partial charge >= 0.3 is 0 Å². The van der Waals surface area contributed by atoms with Crippen LogP contribution in [0.5, 0.6) is 0 Å². The average molecular weight is 330 g/mol. The van der Waals surface area contributed by atoms with E-state index < -0.39 is 0 Å². The number of carbonyl (C=O) groups is 1. The summed E-state index contributed by atoms with van der Waals surface area (Å²) in [5.41, 5.74) is 2.56. The lowest BCUT2D eigenvalue weighted by molar-refractivity contribution is -0.111. The number of anilines is 2. The number of carbonyl (C=O) groups excluding carboxylic acids is 1. The molecule has 0 saturated heterocycles. The van der Waals surface area contributed by atoms with Gasteiger partial charge in [-0.3, -0.25) is 14.7 Å². The fourth-order valence-electron chi connectivity index (χ4n) is 2.71. The van der Waals surface area contributed by atoms with E-state index in [0.717, 1.165) is 22.7 Å². The second-order valence-corrected chi connectivity index (χ2v) is 5.50. The number of fused-ring (bicyclic) bond motifs is 1. The first kappa shape index (κ1) is 15.0. The number of hydrogen-bond donors (Lipinski definition) is 0. The van der Waals surface area contributed by atoms with Gasteiger partial charge in [0, 0.05) is 18.0 Å². The van der Waals surface area contributed by atoms with Crippen molar-refractivity contribution in [1.29, 1.82) is 0 Å². The van der Waals surface area contributed by atoms with Crippen molar-refractivity contribution < 1.29 is 9.21 Å². The van der Waals surface area contributed by atoms with Gasteiger partial charge in [0.2, 0.25) is 0 Å². The Morgan fingerprint density at radius 1 is 1.08 bits per heavy atom. The maximum Gasteiger partial charge on any atom is 0.284 e. The minimum absolute atomic E-state index is 0.222. The number of benzene rings is 1. The van der Waals surface area contributed by atoms with Gasteiger partial charge in [0.05, 0.1) is 17.6 Å². The Labute approximate surface area is 144 Å². The molecule has 0 fully saturated rings. The summed E-state index contributed by atoms with van der Waals surface area (Å²) in [4.78, 5) is 18.5. The molecule has 1 aliphatic rings. The maximum atomic E-state index is 12.9. The van der Waals surface area contributed by atoms with Gasteiger partial charge < -0.3 is 4.42 Å². The highest BCUT2D eigenvalue weighted by Gasteiger charge is 2.34. The molecule has 25 heavy (non-hydrogen) atoms. The molecule has 122 valence electrons. The Balaban J connectivity index is 1.73. The summed E-state index contributed by atoms with van der Waals surface area (Å²) in [5.74, 6) is 1.16. The van der Waals surface area contributed by atoms with Gasteiger partial charge in [-0.05, 0) is 37.3 Å². The topological polar surface area (TPSA) is 71.1 Å². The number of nitrogens with zero attached hydrogens (tertiary/aromatic N) is 4. The van der Waals surface area contributed by atoms with Crippen molar-refractivity contribution in [2.24, 2.45) is 10.2 Å². The third kappa shape index (κ3) is 2.74. The standard InChI is InChI=1S/C19H14N4O2/c1-13-6-7-15(25-13)12-21-22-18-16-4-2-3-5-17(16)23(19(18)24)14-8-10-20-11-9-14/h2-12H,1H3/b21-12+,22-18-. The van der Waals surface area contributed by atoms with Crippen LogP contribution in [0.1, 0.15) is 17.1 Å². The first-order valence-corrected chi connectivity index (χ1v) is 7.75. The highest BCUT2D eigenvalue weighted by Crippen LogP contribution is 2.35. The normalized spacial score (nSPS) is 15.3. The molecule has 0 unspecified atom stereocenters. The summed E-state index contributed by atoms with van der Waals surface area (Å²) < 4.78 is 5.41. The summed E-state index contributed by atoms with van der Waals surface area (Å²) in [6.45, 7) is 1.85. The van der Waals surface area contributed by atoms with E-state index in [0.29, 0.717) is 11.5 Å². The first-order chi connectivity index (χ1) is 12.2. The average Bonchev–Trinajstić information content (AvgIpc) is 3.17. The minimum atomic E-state index is -0.222. The zero-order valence-corrected chi connectivity index (χ0v) is 13.5. The minimum Gasteiger partial charge on any atom is -0.460 e. The van der Waals surface area contributed by atoms with Crippen LogP contribution in [0.15, 0.2) is 75.5 Å². The number of rotatable bonds is 3. The number of furan rings is 1. The second kappa shape index (κ2) is 6.16. The monoisotopic (exact) mass is 330 g/mol. The number of aromatic nitrogens is 1. The molecule has 1 aromatic carbocycles. The van der Waals surface area contributed by atoms with Crippen LogP contribution < -0.4 is 4.90 Å². The third-order valence-electron chi connectivity index (χ3n) is 3.83. The van der Waals surface area contributed by atoms with Crippen LogP contribution in [-0.4, -0.2) is 22.8 Å². The van der Waals surface area contributed by atoms with Gasteiger partial charge in [-0.1, -0.05) is 18.2 Å². The molecule has 1 amide bonds. The molecular formula is C19H14N4O2. The molecule has 0 aliphatic carbocycles. The zero-order valence-electron chi connectivity index (χ0n) is 13.5. The Morgan fingerprint density at radius 3 is 2.64 bits per heavy atom. The number of amides is 1. The zero-order chi connectivity index (χ0) is 17.2. The predicted molar refractivity (Wildman–Crippen MR) is 95.4 cm³/mol. The van der Waals surface area contributed by atoms with Crippen LogP contribution in [0, 0.1) is 6.92 Å². The van der Waals surface area contributed by atoms with Crippen molar-refractivity contribution in [2.75, 3.05) is 4.90 Å². The Kier molecular flexibility index (Phi) is 3.70. The van der Waals surface area contributed by atoms with Crippen LogP contribution in [0.4, 0.5) is 11.4 Å². The van der Waals surface area contributed by atoms with Gasteiger partial charge in [-0.15, -0.1) is 5.10 Å². The largest absolute Gasteiger partial charge is 0.460 e. The molecule has 4 rings (SSSR count). The van der Waals surface area contributed by atoms with Crippen LogP contribution in [0.25, 0.3) is 0 Å². The van der Waals surface area contributed by atoms with Crippen molar-refractivity contribution in [3.8, 4) is 0 Å². The van der Waals surface area contributed by atoms with Crippen LogP contribution >= 0.6 is 0 Å². The van der Waals surface area contributed by atoms with Gasteiger partial charge in [0.25, 0.3) is 5.91 Å². The molecular weight excluding hydrogens is 316 g/mol. The van der Waals surface area contributed by atoms with E-state index in [-0.39, 0.29) is 5.91 Å². The summed E-state index contributed by atoms with van der Waals surface area (Å²) in [6.07, 6.45) is 4.79. The van der Waals surface area contributed by atoms with Crippen LogP contribution in [0.3, 0.4) is 0 Å². The fourth-order valence-corrected chi connectivity index (χ4v) is 2.71. The van der Waals surface area contributed by atoms with Crippen molar-refractivity contribution in [1.82, 2.24) is 4.98 Å². The summed E-state index contributed by atoms with van der Waals surface area (Å²) in [5, 5.41) is 8.17. The van der Waals surface area contributed by atoms with Crippen LogP contribution in [0.2, 0.25) is 0 Å². The van der Waals surface area contributed by atoms with Crippen molar-refractivity contribution in [3.05, 3.63) is 78.0 Å². The molecule has 0 bridgehead atoms. The quantitative estimate of drug-likeness (QED) is 0.545. The third-order valence-corrected chi connectivity index (χ3v) is 3.83. The lowest BCUT2D eigenvalue weighted by Gasteiger charge is -2.16. The molecule has 2 aromatic heterocycles. The van der Waals surface area contributed by atoms with E-state index >= 15 is 0 Å². The lowest BCUT2D eigenvalue weighted by atomic mass is 10.1. The highest BCUT2D eigenvalue weighted by atomic mass is 16.3. The van der Waals surface area contributed by atoms with Crippen molar-refractivity contribution >= 4 is 29.2 Å². The Bertz CT molecular complexity index is 989. The van der Waals surface area contributed by atoms with E-state index in [1.807, 2.05) is 37.3 Å². The molecule has 0 radical (unpaired) electrons. The molecule has 6 nitrogen and oxygen atoms in total. The van der Waals surface area contributed by atoms with Gasteiger partial charge in [-0.2, -0.15) is 5.10 Å². The second-order valence-electron chi connectivity index (χ2n) is 5.50. The summed E-state index contributed by atoms with van der Waals surface area (Å²) in [6, 6.07) is 14.7. The maximum absolute atomic E-state index is 12.9. The van der Waals surface area contributed by atoms with Crippen molar-refractivity contribution in [3.63, 3.8) is 0 Å². The van der Waals surface area contributed by atoms with Crippen LogP contribution in [-0.2, 0) is 4.79 Å². The first-order valence-electron chi connectivity index (χ1n) is 7.75. The fraction of sp³-hybridized carbons (Fsp3) is 0.0526. The van der Waals surface area contributed by atoms with E-state index in [4.69, 9.17) is 4.42 Å². The van der Waals surface area contributed by atoms with E-state index in [2.05, 4.69) is 15.2 Å². The molecule has 3 aromatic rings. The molecule has 0 atom stereocenters. The SMILES string of the molecule is Cc1ccc(/C=N/N=C2\C(=O)N(c3ccncc3)c3ccccc32)o1. The molecule has 3 heterocycles. The Hall–Kier alpha value is -3.54. The van der Waals surface area contributed by atoms with Gasteiger partial charge in [0.1, 0.15) is 11.5 Å². The summed E-state index contributed by atoms with van der Waals surface area (Å²) in [7, 11) is 0. The predicted octanol–water partition coefficient (Wildman–Crippen LogP) is 3.48. The number of aryl methyl sites for hydroxylation is 1. The van der Waals surface area contributed by atoms with E-state index in [1.54, 1.807) is 35.5 Å². The Morgan fingerprint density at radius 2 is 1.88 bits per heavy atom. The smallest absolute Gasteiger partial charge is 0.284 e. The summed E-state index contributed by atoms with van der Waals surface area (Å²) >= 11 is 0. The number of hydrogen-bond acceptors (Lipinski definition) is 5. The molecule has 1 aliphatic heterocycles. The molecule has 0 saturated carbocycles. The molecule has 6 heteroatoms. The van der Waals surface area contributed by atoms with E-state index in [9.17, 15) is 4.79 Å². The highest BCUT2D eigenvalue weighted by molar-refractivity contribution is 6.55. The van der Waals surface area contributed by atoms with Gasteiger partial charge in [0.15, 0.2) is 5.71 Å². The lowest BCUT2D eigenvalue weighted by Crippen LogP contribution is -2.25. The van der Waals surface area contributed by atoms with Gasteiger partial charge in [-0.25, -0.2) is 0 Å². The van der Waals surface area contributed by atoms with Crippen molar-refractivity contribution in [2.45, 2.75) is 6.92 Å². The number of para-hydroxylation sites is 1. The molecule has 0 spiro atoms.